The zero-order valence-corrected chi connectivity index (χ0v) is 12.1. The third-order valence-corrected chi connectivity index (χ3v) is 3.66. The minimum absolute atomic E-state index is 0.393. The normalized spacial score (nSPS) is 10.8. The molecule has 2 nitrogen and oxygen atoms in total. The van der Waals surface area contributed by atoms with Crippen molar-refractivity contribution in [3.05, 3.63) is 66.2 Å². The van der Waals surface area contributed by atoms with E-state index in [4.69, 9.17) is 4.74 Å². The first-order valence-corrected chi connectivity index (χ1v) is 6.86. The van der Waals surface area contributed by atoms with Crippen molar-refractivity contribution in [1.29, 1.82) is 0 Å². The first-order chi connectivity index (χ1) is 10.1. The van der Waals surface area contributed by atoms with E-state index in [0.717, 1.165) is 16.3 Å². The Bertz CT molecular complexity index is 875. The van der Waals surface area contributed by atoms with Gasteiger partial charge in [0.15, 0.2) is 0 Å². The molecule has 0 aliphatic heterocycles. The van der Waals surface area contributed by atoms with Crippen LogP contribution in [0.5, 0.6) is 5.75 Å². The average molecular weight is 276 g/mol. The fourth-order valence-corrected chi connectivity index (χ4v) is 2.61. The molecule has 0 bridgehead atoms. The third-order valence-electron chi connectivity index (χ3n) is 3.66. The van der Waals surface area contributed by atoms with Crippen molar-refractivity contribution in [2.75, 3.05) is 0 Å². The van der Waals surface area contributed by atoms with Gasteiger partial charge in [-0.1, -0.05) is 43.0 Å². The Kier molecular flexibility index (Phi) is 3.22. The van der Waals surface area contributed by atoms with E-state index in [1.807, 2.05) is 30.3 Å². The topological polar surface area (TPSA) is 26.3 Å². The van der Waals surface area contributed by atoms with Gasteiger partial charge in [-0.25, -0.2) is 4.79 Å². The van der Waals surface area contributed by atoms with Gasteiger partial charge in [-0.2, -0.15) is 0 Å². The molecular weight excluding hydrogens is 260 g/mol. The molecule has 0 amide bonds. The summed E-state index contributed by atoms with van der Waals surface area (Å²) >= 11 is 0. The zero-order valence-electron chi connectivity index (χ0n) is 12.1. The maximum atomic E-state index is 11.8. The summed E-state index contributed by atoms with van der Waals surface area (Å²) in [6, 6.07) is 16.1. The van der Waals surface area contributed by atoms with Crippen LogP contribution in [0.4, 0.5) is 0 Å². The second-order valence-electron chi connectivity index (χ2n) is 5.25. The van der Waals surface area contributed by atoms with Gasteiger partial charge in [0, 0.05) is 11.0 Å². The van der Waals surface area contributed by atoms with E-state index in [1.165, 1.54) is 10.8 Å². The van der Waals surface area contributed by atoms with Crippen LogP contribution in [0.25, 0.3) is 21.5 Å². The van der Waals surface area contributed by atoms with E-state index in [-0.39, 0.29) is 0 Å². The molecule has 2 heteroatoms. The first-order valence-electron chi connectivity index (χ1n) is 6.86. The van der Waals surface area contributed by atoms with Gasteiger partial charge in [0.2, 0.25) is 0 Å². The number of aryl methyl sites for hydroxylation is 1. The van der Waals surface area contributed by atoms with Crippen LogP contribution >= 0.6 is 0 Å². The molecule has 21 heavy (non-hydrogen) atoms. The lowest BCUT2D eigenvalue weighted by atomic mass is 9.97. The maximum absolute atomic E-state index is 11.8. The van der Waals surface area contributed by atoms with Crippen LogP contribution in [0.2, 0.25) is 0 Å². The van der Waals surface area contributed by atoms with E-state index in [1.54, 1.807) is 6.92 Å². The molecule has 0 unspecified atom stereocenters. The van der Waals surface area contributed by atoms with Crippen molar-refractivity contribution in [2.24, 2.45) is 0 Å². The third kappa shape index (κ3) is 2.29. The lowest BCUT2D eigenvalue weighted by Gasteiger charge is -2.12. The number of hydrogen-bond donors (Lipinski definition) is 0. The van der Waals surface area contributed by atoms with Gasteiger partial charge in [0.1, 0.15) is 5.75 Å². The maximum Gasteiger partial charge on any atom is 0.338 e. The van der Waals surface area contributed by atoms with E-state index in [2.05, 4.69) is 31.7 Å². The molecule has 0 spiro atoms. The molecule has 3 aromatic rings. The Morgan fingerprint density at radius 3 is 2.52 bits per heavy atom. The Morgan fingerprint density at radius 2 is 1.76 bits per heavy atom. The van der Waals surface area contributed by atoms with Crippen LogP contribution in [0.1, 0.15) is 12.5 Å². The number of carbonyl (C=O) groups excluding carboxylic acids is 1. The van der Waals surface area contributed by atoms with Crippen LogP contribution in [-0.2, 0) is 4.79 Å². The SMILES string of the molecule is C=C(C)C(=O)Oc1cccc2cc3ccccc3c(C)c12. The smallest absolute Gasteiger partial charge is 0.338 e. The second-order valence-corrected chi connectivity index (χ2v) is 5.25. The second kappa shape index (κ2) is 5.06. The molecule has 0 aliphatic rings. The minimum Gasteiger partial charge on any atom is -0.423 e. The largest absolute Gasteiger partial charge is 0.423 e. The van der Waals surface area contributed by atoms with E-state index in [0.29, 0.717) is 11.3 Å². The Balaban J connectivity index is 2.29. The summed E-state index contributed by atoms with van der Waals surface area (Å²) in [6.07, 6.45) is 0. The molecular formula is C19H16O2. The quantitative estimate of drug-likeness (QED) is 0.291. The summed E-state index contributed by atoms with van der Waals surface area (Å²) < 4.78 is 5.48. The fraction of sp³-hybridized carbons (Fsp3) is 0.105. The number of fused-ring (bicyclic) bond motifs is 2. The van der Waals surface area contributed by atoms with Gasteiger partial charge in [0.25, 0.3) is 0 Å². The highest BCUT2D eigenvalue weighted by Crippen LogP contribution is 2.34. The van der Waals surface area contributed by atoms with E-state index in [9.17, 15) is 4.79 Å². The van der Waals surface area contributed by atoms with Crippen molar-refractivity contribution in [3.8, 4) is 5.75 Å². The van der Waals surface area contributed by atoms with Gasteiger partial charge in [0.05, 0.1) is 0 Å². The monoisotopic (exact) mass is 276 g/mol. The van der Waals surface area contributed by atoms with Crippen LogP contribution in [0, 0.1) is 6.92 Å². The Hall–Kier alpha value is -2.61. The molecule has 0 aromatic heterocycles. The molecule has 0 saturated carbocycles. The number of hydrogen-bond acceptors (Lipinski definition) is 2. The average Bonchev–Trinajstić information content (AvgIpc) is 2.47. The number of esters is 1. The predicted octanol–water partition coefficient (Wildman–Crippen LogP) is 4.78. The highest BCUT2D eigenvalue weighted by atomic mass is 16.5. The summed E-state index contributed by atoms with van der Waals surface area (Å²) in [7, 11) is 0. The summed E-state index contributed by atoms with van der Waals surface area (Å²) in [5, 5.41) is 4.40. The Morgan fingerprint density at radius 1 is 1.05 bits per heavy atom. The van der Waals surface area contributed by atoms with E-state index < -0.39 is 5.97 Å². The van der Waals surface area contributed by atoms with Crippen molar-refractivity contribution < 1.29 is 9.53 Å². The number of carbonyl (C=O) groups is 1. The van der Waals surface area contributed by atoms with Gasteiger partial charge in [-0.15, -0.1) is 0 Å². The Labute approximate surface area is 123 Å². The highest BCUT2D eigenvalue weighted by Gasteiger charge is 2.12. The summed E-state index contributed by atoms with van der Waals surface area (Å²) in [6.45, 7) is 7.34. The van der Waals surface area contributed by atoms with Gasteiger partial charge in [-0.05, 0) is 47.7 Å². The molecule has 0 heterocycles. The number of rotatable bonds is 2. The molecule has 3 aromatic carbocycles. The molecule has 0 fully saturated rings. The standard InChI is InChI=1S/C19H16O2/c1-12(2)19(20)21-17-10-6-8-15-11-14-7-4-5-9-16(14)13(3)18(15)17/h4-11H,1H2,2-3H3. The van der Waals surface area contributed by atoms with Crippen LogP contribution in [0.3, 0.4) is 0 Å². The van der Waals surface area contributed by atoms with Crippen molar-refractivity contribution in [3.63, 3.8) is 0 Å². The lowest BCUT2D eigenvalue weighted by Crippen LogP contribution is -2.08. The molecule has 0 radical (unpaired) electrons. The van der Waals surface area contributed by atoms with Gasteiger partial charge < -0.3 is 4.74 Å². The zero-order chi connectivity index (χ0) is 15.0. The molecule has 0 saturated heterocycles. The summed E-state index contributed by atoms with van der Waals surface area (Å²) in [5.74, 6) is 0.193. The van der Waals surface area contributed by atoms with Crippen LogP contribution < -0.4 is 4.74 Å². The predicted molar refractivity (Wildman–Crippen MR) is 86.6 cm³/mol. The van der Waals surface area contributed by atoms with Crippen LogP contribution in [-0.4, -0.2) is 5.97 Å². The molecule has 0 aliphatic carbocycles. The van der Waals surface area contributed by atoms with Gasteiger partial charge >= 0.3 is 5.97 Å². The molecule has 3 rings (SSSR count). The number of ether oxygens (including phenoxy) is 1. The molecule has 104 valence electrons. The van der Waals surface area contributed by atoms with Crippen molar-refractivity contribution >= 4 is 27.5 Å². The van der Waals surface area contributed by atoms with Crippen molar-refractivity contribution in [2.45, 2.75) is 13.8 Å². The minimum atomic E-state index is -0.393. The number of benzene rings is 3. The summed E-state index contributed by atoms with van der Waals surface area (Å²) in [4.78, 5) is 11.8. The molecule has 0 atom stereocenters. The first kappa shape index (κ1) is 13.4. The lowest BCUT2D eigenvalue weighted by molar-refractivity contribution is -0.129. The molecule has 0 N–H and O–H groups in total. The van der Waals surface area contributed by atoms with Crippen molar-refractivity contribution in [1.82, 2.24) is 0 Å². The van der Waals surface area contributed by atoms with E-state index >= 15 is 0 Å². The van der Waals surface area contributed by atoms with Gasteiger partial charge in [-0.3, -0.25) is 0 Å². The fourth-order valence-electron chi connectivity index (χ4n) is 2.61. The van der Waals surface area contributed by atoms with Crippen LogP contribution in [0.15, 0.2) is 60.7 Å². The summed E-state index contributed by atoms with van der Waals surface area (Å²) in [5.41, 5.74) is 1.51. The highest BCUT2D eigenvalue weighted by molar-refractivity contribution is 6.05.